The van der Waals surface area contributed by atoms with Crippen LogP contribution in [0, 0.1) is 11.3 Å². The molecule has 0 N–H and O–H groups in total. The molecule has 6 nitrogen and oxygen atoms in total. The minimum absolute atomic E-state index is 0.0394. The summed E-state index contributed by atoms with van der Waals surface area (Å²) in [4.78, 5) is 44.2. The molecule has 6 heteroatoms. The lowest BCUT2D eigenvalue weighted by Gasteiger charge is -2.18. The van der Waals surface area contributed by atoms with Crippen molar-refractivity contribution in [1.29, 1.82) is 0 Å². The van der Waals surface area contributed by atoms with Crippen molar-refractivity contribution >= 4 is 23.4 Å². The summed E-state index contributed by atoms with van der Waals surface area (Å²) in [5.41, 5.74) is 1.60. The average molecular weight is 354 g/mol. The first-order valence-corrected chi connectivity index (χ1v) is 9.01. The van der Waals surface area contributed by atoms with Gasteiger partial charge in [0, 0.05) is 5.57 Å². The van der Waals surface area contributed by atoms with Crippen molar-refractivity contribution in [1.82, 2.24) is 5.06 Å². The smallest absolute Gasteiger partial charge is 0.261 e. The van der Waals surface area contributed by atoms with E-state index in [2.05, 4.69) is 0 Å². The number of anilines is 1. The van der Waals surface area contributed by atoms with E-state index in [4.69, 9.17) is 4.84 Å². The van der Waals surface area contributed by atoms with Gasteiger partial charge in [0.1, 0.15) is 0 Å². The van der Waals surface area contributed by atoms with Crippen molar-refractivity contribution in [3.8, 4) is 0 Å². The molecule has 2 fully saturated rings. The molecular weight excluding hydrogens is 332 g/mol. The molecule has 1 unspecified atom stereocenters. The molecule has 2 saturated heterocycles. The highest BCUT2D eigenvalue weighted by Crippen LogP contribution is 2.36. The van der Waals surface area contributed by atoms with Crippen molar-refractivity contribution in [2.24, 2.45) is 11.3 Å². The van der Waals surface area contributed by atoms with Crippen LogP contribution in [0.15, 0.2) is 35.9 Å². The minimum atomic E-state index is -0.502. The second-order valence-electron chi connectivity index (χ2n) is 7.79. The van der Waals surface area contributed by atoms with Gasteiger partial charge < -0.3 is 0 Å². The van der Waals surface area contributed by atoms with Gasteiger partial charge in [-0.3, -0.25) is 19.2 Å². The number of amides is 3. The van der Waals surface area contributed by atoms with Crippen molar-refractivity contribution in [3.05, 3.63) is 41.5 Å². The van der Waals surface area contributed by atoms with Crippen LogP contribution in [0.5, 0.6) is 0 Å². The van der Waals surface area contributed by atoms with E-state index >= 15 is 0 Å². The fraction of sp³-hybridized carbons (Fsp3) is 0.450. The molecule has 0 saturated carbocycles. The van der Waals surface area contributed by atoms with Gasteiger partial charge in [-0.25, -0.2) is 9.96 Å². The molecule has 136 valence electrons. The van der Waals surface area contributed by atoms with Crippen LogP contribution >= 0.6 is 0 Å². The Morgan fingerprint density at radius 2 is 1.88 bits per heavy atom. The molecule has 26 heavy (non-hydrogen) atoms. The van der Waals surface area contributed by atoms with Gasteiger partial charge in [-0.1, -0.05) is 18.2 Å². The molecular formula is C20H22N2O4. The van der Waals surface area contributed by atoms with Gasteiger partial charge in [0.2, 0.25) is 5.91 Å². The van der Waals surface area contributed by atoms with Crippen LogP contribution in [-0.4, -0.2) is 29.4 Å². The Kier molecular flexibility index (Phi) is 3.95. The molecule has 3 aliphatic rings. The number of imide groups is 1. The third kappa shape index (κ3) is 2.65. The molecule has 1 aromatic rings. The van der Waals surface area contributed by atoms with E-state index in [9.17, 15) is 14.4 Å². The maximum absolute atomic E-state index is 12.6. The first-order chi connectivity index (χ1) is 12.4. The summed E-state index contributed by atoms with van der Waals surface area (Å²) in [5.74, 6) is -0.656. The topological polar surface area (TPSA) is 66.9 Å². The summed E-state index contributed by atoms with van der Waals surface area (Å²) in [6.45, 7) is 4.43. The van der Waals surface area contributed by atoms with E-state index in [0.29, 0.717) is 24.4 Å². The number of benzene rings is 1. The van der Waals surface area contributed by atoms with Crippen LogP contribution in [0.3, 0.4) is 0 Å². The average Bonchev–Trinajstić information content (AvgIpc) is 3.04. The Balaban J connectivity index is 1.51. The van der Waals surface area contributed by atoms with Crippen molar-refractivity contribution in [3.63, 3.8) is 0 Å². The minimum Gasteiger partial charge on any atom is -0.273 e. The number of fused-ring (bicyclic) bond motifs is 1. The summed E-state index contributed by atoms with van der Waals surface area (Å²) in [6.07, 6.45) is 4.45. The Labute approximate surface area is 152 Å². The van der Waals surface area contributed by atoms with E-state index < -0.39 is 5.41 Å². The predicted octanol–water partition coefficient (Wildman–Crippen LogP) is 2.59. The molecule has 2 aliphatic heterocycles. The van der Waals surface area contributed by atoms with E-state index in [1.807, 2.05) is 32.1 Å². The van der Waals surface area contributed by atoms with Crippen LogP contribution < -0.4 is 4.90 Å². The Morgan fingerprint density at radius 3 is 2.50 bits per heavy atom. The monoisotopic (exact) mass is 354 g/mol. The maximum atomic E-state index is 12.6. The lowest BCUT2D eigenvalue weighted by atomic mass is 9.90. The molecule has 0 radical (unpaired) electrons. The standard InChI is InChI=1S/C20H22N2O4/c1-20(2)12-26-21(19(20)25)11-13-7-9-14(10-8-13)22-17(23)15-5-3-4-6-16(15)18(22)24/h5,7-10,16H,3-4,6,11-12H2,1-2H3. The first kappa shape index (κ1) is 17.0. The zero-order valence-corrected chi connectivity index (χ0v) is 15.0. The lowest BCUT2D eigenvalue weighted by molar-refractivity contribution is -0.165. The predicted molar refractivity (Wildman–Crippen MR) is 94.6 cm³/mol. The molecule has 3 amide bonds. The van der Waals surface area contributed by atoms with Crippen LogP contribution in [0.4, 0.5) is 5.69 Å². The van der Waals surface area contributed by atoms with Crippen LogP contribution in [0.2, 0.25) is 0 Å². The van der Waals surface area contributed by atoms with Gasteiger partial charge in [-0.15, -0.1) is 0 Å². The van der Waals surface area contributed by atoms with Crippen LogP contribution in [-0.2, 0) is 25.8 Å². The Bertz CT molecular complexity index is 810. The first-order valence-electron chi connectivity index (χ1n) is 9.01. The summed E-state index contributed by atoms with van der Waals surface area (Å²) in [7, 11) is 0. The molecule has 4 rings (SSSR count). The zero-order chi connectivity index (χ0) is 18.5. The zero-order valence-electron chi connectivity index (χ0n) is 15.0. The highest BCUT2D eigenvalue weighted by molar-refractivity contribution is 6.29. The number of nitrogens with zero attached hydrogens (tertiary/aromatic N) is 2. The van der Waals surface area contributed by atoms with Gasteiger partial charge in [-0.2, -0.15) is 0 Å². The van der Waals surface area contributed by atoms with Gasteiger partial charge in [0.05, 0.1) is 30.2 Å². The van der Waals surface area contributed by atoms with Gasteiger partial charge in [0.15, 0.2) is 0 Å². The Hall–Kier alpha value is -2.47. The van der Waals surface area contributed by atoms with E-state index in [0.717, 1.165) is 24.8 Å². The lowest BCUT2D eigenvalue weighted by Crippen LogP contribution is -2.31. The third-order valence-corrected chi connectivity index (χ3v) is 5.31. The normalized spacial score (nSPS) is 24.9. The summed E-state index contributed by atoms with van der Waals surface area (Å²) in [5, 5.41) is 1.38. The SMILES string of the molecule is CC1(C)CON(Cc2ccc(N3C(=O)C4=CCCCC4C3=O)cc2)C1=O. The van der Waals surface area contributed by atoms with E-state index in [-0.39, 0.29) is 23.6 Å². The fourth-order valence-corrected chi connectivity index (χ4v) is 3.73. The molecule has 2 heterocycles. The highest BCUT2D eigenvalue weighted by Gasteiger charge is 2.44. The summed E-state index contributed by atoms with van der Waals surface area (Å²) >= 11 is 0. The van der Waals surface area contributed by atoms with Gasteiger partial charge in [-0.05, 0) is 50.8 Å². The number of carbonyl (C=O) groups is 3. The molecule has 1 aromatic carbocycles. The summed E-state index contributed by atoms with van der Waals surface area (Å²) < 4.78 is 0. The van der Waals surface area contributed by atoms with Gasteiger partial charge >= 0.3 is 0 Å². The number of hydrogen-bond donors (Lipinski definition) is 0. The molecule has 0 aromatic heterocycles. The molecule has 0 bridgehead atoms. The second kappa shape index (κ2) is 6.06. The van der Waals surface area contributed by atoms with Crippen molar-refractivity contribution < 1.29 is 19.2 Å². The van der Waals surface area contributed by atoms with Crippen molar-refractivity contribution in [2.75, 3.05) is 11.5 Å². The second-order valence-corrected chi connectivity index (χ2v) is 7.79. The van der Waals surface area contributed by atoms with E-state index in [1.165, 1.54) is 9.96 Å². The summed E-state index contributed by atoms with van der Waals surface area (Å²) in [6, 6.07) is 7.17. The van der Waals surface area contributed by atoms with Crippen LogP contribution in [0.1, 0.15) is 38.7 Å². The van der Waals surface area contributed by atoms with Crippen molar-refractivity contribution in [2.45, 2.75) is 39.7 Å². The Morgan fingerprint density at radius 1 is 1.15 bits per heavy atom. The maximum Gasteiger partial charge on any atom is 0.261 e. The molecule has 1 atom stereocenters. The quantitative estimate of drug-likeness (QED) is 0.783. The number of hydrogen-bond acceptors (Lipinski definition) is 4. The largest absolute Gasteiger partial charge is 0.273 e. The molecule has 0 spiro atoms. The third-order valence-electron chi connectivity index (χ3n) is 5.31. The van der Waals surface area contributed by atoms with Gasteiger partial charge in [0.25, 0.3) is 11.8 Å². The van der Waals surface area contributed by atoms with E-state index in [1.54, 1.807) is 12.1 Å². The number of hydroxylamine groups is 2. The molecule has 1 aliphatic carbocycles. The fourth-order valence-electron chi connectivity index (χ4n) is 3.73. The highest BCUT2D eigenvalue weighted by atomic mass is 16.7. The number of allylic oxidation sites excluding steroid dienone is 1. The number of carbonyl (C=O) groups excluding carboxylic acids is 3. The number of rotatable bonds is 3. The van der Waals surface area contributed by atoms with Crippen LogP contribution in [0.25, 0.3) is 0 Å².